The second-order valence-corrected chi connectivity index (χ2v) is 7.55. The standard InChI is InChI=1S/C17H16ClN3O2S/c1-10-19-16(21-23-10)17(8-4-5-9-17)20-15(22)14-13(18)11-6-2-3-7-12(11)24-14/h2-3,6-7H,4-5,8-9H2,1H3,(H,20,22). The third kappa shape index (κ3) is 2.50. The topological polar surface area (TPSA) is 68.0 Å². The van der Waals surface area contributed by atoms with Crippen molar-refractivity contribution in [2.45, 2.75) is 38.1 Å². The SMILES string of the molecule is Cc1nc(C2(NC(=O)c3sc4ccccc4c3Cl)CCCC2)no1. The first-order valence-electron chi connectivity index (χ1n) is 7.89. The van der Waals surface area contributed by atoms with Gasteiger partial charge in [-0.3, -0.25) is 4.79 Å². The predicted molar refractivity (Wildman–Crippen MR) is 93.5 cm³/mol. The maximum atomic E-state index is 12.9. The van der Waals surface area contributed by atoms with E-state index in [0.717, 1.165) is 35.8 Å². The number of nitrogens with one attached hydrogen (secondary N) is 1. The molecule has 0 aliphatic heterocycles. The van der Waals surface area contributed by atoms with Gasteiger partial charge < -0.3 is 9.84 Å². The number of benzene rings is 1. The number of carbonyl (C=O) groups is 1. The largest absolute Gasteiger partial charge is 0.340 e. The summed E-state index contributed by atoms with van der Waals surface area (Å²) >= 11 is 7.84. The summed E-state index contributed by atoms with van der Waals surface area (Å²) in [4.78, 5) is 17.8. The molecule has 0 saturated heterocycles. The average molecular weight is 362 g/mol. The Labute approximate surface area is 148 Å². The molecule has 0 bridgehead atoms. The van der Waals surface area contributed by atoms with Gasteiger partial charge in [-0.1, -0.05) is 47.8 Å². The number of rotatable bonds is 3. The molecule has 4 rings (SSSR count). The van der Waals surface area contributed by atoms with Crippen LogP contribution in [0.15, 0.2) is 28.8 Å². The zero-order valence-electron chi connectivity index (χ0n) is 13.1. The number of aromatic nitrogens is 2. The van der Waals surface area contributed by atoms with Crippen molar-refractivity contribution in [3.05, 3.63) is 45.9 Å². The van der Waals surface area contributed by atoms with Crippen molar-refractivity contribution in [1.82, 2.24) is 15.5 Å². The highest BCUT2D eigenvalue weighted by atomic mass is 35.5. The molecule has 24 heavy (non-hydrogen) atoms. The Hall–Kier alpha value is -1.92. The number of thiophene rings is 1. The normalized spacial score (nSPS) is 16.6. The second-order valence-electron chi connectivity index (χ2n) is 6.12. The molecule has 0 atom stereocenters. The van der Waals surface area contributed by atoms with Crippen LogP contribution in [0.5, 0.6) is 0 Å². The number of hydrogen-bond donors (Lipinski definition) is 1. The Morgan fingerprint density at radius 1 is 1.33 bits per heavy atom. The van der Waals surface area contributed by atoms with E-state index < -0.39 is 5.54 Å². The number of amides is 1. The van der Waals surface area contributed by atoms with Crippen molar-refractivity contribution in [2.75, 3.05) is 0 Å². The molecule has 0 radical (unpaired) electrons. The fraction of sp³-hybridized carbons (Fsp3) is 0.353. The van der Waals surface area contributed by atoms with Gasteiger partial charge in [-0.05, 0) is 18.9 Å². The first-order valence-corrected chi connectivity index (χ1v) is 9.09. The van der Waals surface area contributed by atoms with E-state index in [9.17, 15) is 4.79 Å². The summed E-state index contributed by atoms with van der Waals surface area (Å²) in [6.45, 7) is 1.75. The summed E-state index contributed by atoms with van der Waals surface area (Å²) in [5.41, 5.74) is -0.561. The molecule has 124 valence electrons. The fourth-order valence-corrected chi connectivity index (χ4v) is 4.72. The molecule has 5 nitrogen and oxygen atoms in total. The van der Waals surface area contributed by atoms with Crippen LogP contribution in [0.2, 0.25) is 5.02 Å². The van der Waals surface area contributed by atoms with E-state index >= 15 is 0 Å². The molecule has 3 aromatic rings. The van der Waals surface area contributed by atoms with Gasteiger partial charge in [-0.2, -0.15) is 4.98 Å². The van der Waals surface area contributed by atoms with Crippen molar-refractivity contribution in [1.29, 1.82) is 0 Å². The monoisotopic (exact) mass is 361 g/mol. The van der Waals surface area contributed by atoms with Gasteiger partial charge in [0, 0.05) is 17.0 Å². The second kappa shape index (κ2) is 5.86. The third-order valence-electron chi connectivity index (χ3n) is 4.51. The first-order chi connectivity index (χ1) is 11.6. The van der Waals surface area contributed by atoms with Crippen molar-refractivity contribution < 1.29 is 9.32 Å². The molecule has 1 aliphatic carbocycles. The van der Waals surface area contributed by atoms with Crippen LogP contribution in [0, 0.1) is 6.92 Å². The molecular weight excluding hydrogens is 346 g/mol. The molecule has 1 N–H and O–H groups in total. The zero-order valence-corrected chi connectivity index (χ0v) is 14.7. The maximum Gasteiger partial charge on any atom is 0.263 e. The molecule has 2 heterocycles. The highest BCUT2D eigenvalue weighted by molar-refractivity contribution is 7.21. The lowest BCUT2D eigenvalue weighted by Gasteiger charge is -2.26. The number of halogens is 1. The van der Waals surface area contributed by atoms with E-state index in [0.29, 0.717) is 21.6 Å². The van der Waals surface area contributed by atoms with E-state index in [1.165, 1.54) is 11.3 Å². The van der Waals surface area contributed by atoms with Crippen LogP contribution in [0.4, 0.5) is 0 Å². The fourth-order valence-electron chi connectivity index (χ4n) is 3.31. The Balaban J connectivity index is 1.69. The number of aryl methyl sites for hydroxylation is 1. The van der Waals surface area contributed by atoms with Gasteiger partial charge in [0.25, 0.3) is 5.91 Å². The minimum absolute atomic E-state index is 0.175. The van der Waals surface area contributed by atoms with Gasteiger partial charge in [0.2, 0.25) is 5.89 Å². The van der Waals surface area contributed by atoms with Crippen LogP contribution in [-0.2, 0) is 5.54 Å². The summed E-state index contributed by atoms with van der Waals surface area (Å²) in [5, 5.41) is 8.61. The summed E-state index contributed by atoms with van der Waals surface area (Å²) in [6.07, 6.45) is 3.66. The van der Waals surface area contributed by atoms with Crippen LogP contribution in [0.25, 0.3) is 10.1 Å². The molecule has 0 unspecified atom stereocenters. The van der Waals surface area contributed by atoms with Crippen LogP contribution >= 0.6 is 22.9 Å². The molecular formula is C17H16ClN3O2S. The molecule has 0 spiro atoms. The van der Waals surface area contributed by atoms with E-state index in [-0.39, 0.29) is 5.91 Å². The Morgan fingerprint density at radius 3 is 2.75 bits per heavy atom. The van der Waals surface area contributed by atoms with Gasteiger partial charge in [-0.25, -0.2) is 0 Å². The minimum atomic E-state index is -0.561. The number of fused-ring (bicyclic) bond motifs is 1. The Bertz CT molecular complexity index is 912. The van der Waals surface area contributed by atoms with Crippen LogP contribution < -0.4 is 5.32 Å². The minimum Gasteiger partial charge on any atom is -0.340 e. The van der Waals surface area contributed by atoms with Gasteiger partial charge in [0.1, 0.15) is 10.4 Å². The lowest BCUT2D eigenvalue weighted by atomic mass is 9.96. The Morgan fingerprint density at radius 2 is 2.08 bits per heavy atom. The lowest BCUT2D eigenvalue weighted by molar-refractivity contribution is 0.0896. The smallest absolute Gasteiger partial charge is 0.263 e. The van der Waals surface area contributed by atoms with Gasteiger partial charge in [-0.15, -0.1) is 11.3 Å². The van der Waals surface area contributed by atoms with E-state index in [1.54, 1.807) is 6.92 Å². The summed E-state index contributed by atoms with van der Waals surface area (Å²) in [7, 11) is 0. The predicted octanol–water partition coefficient (Wildman–Crippen LogP) is 4.45. The quantitative estimate of drug-likeness (QED) is 0.748. The van der Waals surface area contributed by atoms with Crippen molar-refractivity contribution >= 4 is 38.9 Å². The highest BCUT2D eigenvalue weighted by Crippen LogP contribution is 2.40. The van der Waals surface area contributed by atoms with Crippen molar-refractivity contribution in [2.24, 2.45) is 0 Å². The molecule has 1 aromatic carbocycles. The zero-order chi connectivity index (χ0) is 16.7. The van der Waals surface area contributed by atoms with Crippen molar-refractivity contribution in [3.63, 3.8) is 0 Å². The van der Waals surface area contributed by atoms with E-state index in [4.69, 9.17) is 16.1 Å². The van der Waals surface area contributed by atoms with Crippen LogP contribution in [0.3, 0.4) is 0 Å². The number of hydrogen-bond acceptors (Lipinski definition) is 5. The molecule has 1 amide bonds. The van der Waals surface area contributed by atoms with E-state index in [1.807, 2.05) is 24.3 Å². The molecule has 1 saturated carbocycles. The van der Waals surface area contributed by atoms with Crippen LogP contribution in [-0.4, -0.2) is 16.0 Å². The average Bonchev–Trinajstić information content (AvgIpc) is 3.28. The maximum absolute atomic E-state index is 12.9. The highest BCUT2D eigenvalue weighted by Gasteiger charge is 2.41. The molecule has 2 aromatic heterocycles. The van der Waals surface area contributed by atoms with Gasteiger partial charge >= 0.3 is 0 Å². The van der Waals surface area contributed by atoms with Crippen LogP contribution in [0.1, 0.15) is 47.1 Å². The lowest BCUT2D eigenvalue weighted by Crippen LogP contribution is -2.44. The third-order valence-corrected chi connectivity index (χ3v) is 6.18. The summed E-state index contributed by atoms with van der Waals surface area (Å²) in [6, 6.07) is 7.76. The molecule has 7 heteroatoms. The first kappa shape index (κ1) is 15.6. The van der Waals surface area contributed by atoms with Gasteiger partial charge in [0.15, 0.2) is 5.82 Å². The molecule has 1 fully saturated rings. The number of carbonyl (C=O) groups excluding carboxylic acids is 1. The summed E-state index contributed by atoms with van der Waals surface area (Å²) < 4.78 is 6.13. The van der Waals surface area contributed by atoms with Crippen molar-refractivity contribution in [3.8, 4) is 0 Å². The summed E-state index contributed by atoms with van der Waals surface area (Å²) in [5.74, 6) is 0.888. The Kier molecular flexibility index (Phi) is 3.81. The van der Waals surface area contributed by atoms with Gasteiger partial charge in [0.05, 0.1) is 5.02 Å². The number of nitrogens with zero attached hydrogens (tertiary/aromatic N) is 2. The van der Waals surface area contributed by atoms with E-state index in [2.05, 4.69) is 15.5 Å². The molecule has 1 aliphatic rings.